The Hall–Kier alpha value is -0.610. The van der Waals surface area contributed by atoms with Gasteiger partial charge in [-0.1, -0.05) is 6.42 Å². The Morgan fingerprint density at radius 1 is 1.00 bits per heavy atom. The highest BCUT2D eigenvalue weighted by Gasteiger charge is 2.35. The summed E-state index contributed by atoms with van der Waals surface area (Å²) in [5, 5.41) is 0. The lowest BCUT2D eigenvalue weighted by Crippen LogP contribution is -2.46. The van der Waals surface area contributed by atoms with Gasteiger partial charge >= 0.3 is 0 Å². The lowest BCUT2D eigenvalue weighted by Gasteiger charge is -2.34. The summed E-state index contributed by atoms with van der Waals surface area (Å²) in [7, 11) is 0. The quantitative estimate of drug-likeness (QED) is 0.853. The second-order valence-electron chi connectivity index (χ2n) is 6.96. The van der Waals surface area contributed by atoms with E-state index in [2.05, 4.69) is 9.80 Å². The minimum atomic E-state index is 0.206. The number of carbonyl (C=O) groups is 1. The Bertz CT molecular complexity index is 341. The second kappa shape index (κ2) is 6.44. The second-order valence-corrected chi connectivity index (χ2v) is 6.96. The Labute approximate surface area is 122 Å². The van der Waals surface area contributed by atoms with Crippen molar-refractivity contribution >= 4 is 5.91 Å². The SMILES string of the molecule is N[C@@H]1CCC[C@H](C(=O)N2CCC[C@H]2CN2CCCC2)C1. The molecule has 2 saturated heterocycles. The molecule has 20 heavy (non-hydrogen) atoms. The number of nitrogens with two attached hydrogens (primary N) is 1. The van der Waals surface area contributed by atoms with Crippen molar-refractivity contribution in [2.24, 2.45) is 11.7 Å². The number of hydrogen-bond donors (Lipinski definition) is 1. The molecular weight excluding hydrogens is 250 g/mol. The van der Waals surface area contributed by atoms with E-state index in [1.54, 1.807) is 0 Å². The third-order valence-corrected chi connectivity index (χ3v) is 5.39. The van der Waals surface area contributed by atoms with Gasteiger partial charge in [-0.05, 0) is 58.0 Å². The van der Waals surface area contributed by atoms with Crippen LogP contribution in [-0.4, -0.2) is 54.0 Å². The maximum Gasteiger partial charge on any atom is 0.226 e. The van der Waals surface area contributed by atoms with Gasteiger partial charge in [0.25, 0.3) is 0 Å². The van der Waals surface area contributed by atoms with Crippen molar-refractivity contribution in [3.05, 3.63) is 0 Å². The molecule has 4 heteroatoms. The zero-order chi connectivity index (χ0) is 13.9. The molecule has 114 valence electrons. The summed E-state index contributed by atoms with van der Waals surface area (Å²) in [5.74, 6) is 0.611. The van der Waals surface area contributed by atoms with Crippen molar-refractivity contribution in [3.8, 4) is 0 Å². The summed E-state index contributed by atoms with van der Waals surface area (Å²) >= 11 is 0. The molecule has 0 aromatic carbocycles. The molecule has 4 nitrogen and oxygen atoms in total. The Balaban J connectivity index is 1.57. The van der Waals surface area contributed by atoms with E-state index >= 15 is 0 Å². The molecule has 2 N–H and O–H groups in total. The van der Waals surface area contributed by atoms with Crippen molar-refractivity contribution in [3.63, 3.8) is 0 Å². The largest absolute Gasteiger partial charge is 0.338 e. The molecule has 0 spiro atoms. The van der Waals surface area contributed by atoms with Crippen LogP contribution in [0.15, 0.2) is 0 Å². The van der Waals surface area contributed by atoms with Crippen molar-refractivity contribution < 1.29 is 4.79 Å². The van der Waals surface area contributed by atoms with E-state index in [-0.39, 0.29) is 12.0 Å². The molecule has 0 aromatic rings. The molecule has 0 bridgehead atoms. The first-order valence-corrected chi connectivity index (χ1v) is 8.52. The molecule has 1 aliphatic carbocycles. The topological polar surface area (TPSA) is 49.6 Å². The molecule has 3 fully saturated rings. The van der Waals surface area contributed by atoms with Crippen LogP contribution in [-0.2, 0) is 4.79 Å². The van der Waals surface area contributed by atoms with E-state index in [9.17, 15) is 4.79 Å². The van der Waals surface area contributed by atoms with Crippen molar-refractivity contribution in [2.45, 2.75) is 63.5 Å². The van der Waals surface area contributed by atoms with Crippen LogP contribution in [0.25, 0.3) is 0 Å². The predicted molar refractivity (Wildman–Crippen MR) is 80.3 cm³/mol. The van der Waals surface area contributed by atoms with Crippen LogP contribution in [0.1, 0.15) is 51.4 Å². The van der Waals surface area contributed by atoms with Crippen LogP contribution in [0, 0.1) is 5.92 Å². The monoisotopic (exact) mass is 279 g/mol. The van der Waals surface area contributed by atoms with E-state index in [0.717, 1.165) is 38.8 Å². The summed E-state index contributed by atoms with van der Waals surface area (Å²) in [6.07, 6.45) is 9.23. The van der Waals surface area contributed by atoms with Gasteiger partial charge in [0.2, 0.25) is 5.91 Å². The van der Waals surface area contributed by atoms with Crippen molar-refractivity contribution in [1.82, 2.24) is 9.80 Å². The first-order chi connectivity index (χ1) is 9.74. The van der Waals surface area contributed by atoms with Gasteiger partial charge in [-0.3, -0.25) is 4.79 Å². The van der Waals surface area contributed by atoms with Crippen LogP contribution in [0.2, 0.25) is 0 Å². The van der Waals surface area contributed by atoms with Crippen LogP contribution in [0.4, 0.5) is 0 Å². The van der Waals surface area contributed by atoms with Crippen LogP contribution >= 0.6 is 0 Å². The third kappa shape index (κ3) is 3.17. The molecule has 0 unspecified atom stereocenters. The first kappa shape index (κ1) is 14.3. The van der Waals surface area contributed by atoms with Crippen LogP contribution < -0.4 is 5.73 Å². The number of nitrogens with zero attached hydrogens (tertiary/aromatic N) is 2. The maximum absolute atomic E-state index is 12.8. The average molecular weight is 279 g/mol. The summed E-state index contributed by atoms with van der Waals surface area (Å²) in [6, 6.07) is 0.719. The number of amides is 1. The molecular formula is C16H29N3O. The highest BCUT2D eigenvalue weighted by Crippen LogP contribution is 2.29. The van der Waals surface area contributed by atoms with E-state index in [1.807, 2.05) is 0 Å². The van der Waals surface area contributed by atoms with Gasteiger partial charge < -0.3 is 15.5 Å². The smallest absolute Gasteiger partial charge is 0.226 e. The Kier molecular flexibility index (Phi) is 4.61. The predicted octanol–water partition coefficient (Wildman–Crippen LogP) is 1.59. The Morgan fingerprint density at radius 3 is 2.55 bits per heavy atom. The normalized spacial score (nSPS) is 35.6. The number of likely N-dealkylation sites (tertiary alicyclic amines) is 2. The van der Waals surface area contributed by atoms with E-state index in [0.29, 0.717) is 11.9 Å². The van der Waals surface area contributed by atoms with E-state index < -0.39 is 0 Å². The fourth-order valence-electron chi connectivity index (χ4n) is 4.27. The fourth-order valence-corrected chi connectivity index (χ4v) is 4.27. The zero-order valence-corrected chi connectivity index (χ0v) is 12.6. The molecule has 0 aromatic heterocycles. The van der Waals surface area contributed by atoms with Crippen molar-refractivity contribution in [2.75, 3.05) is 26.2 Å². The minimum Gasteiger partial charge on any atom is -0.338 e. The number of hydrogen-bond acceptors (Lipinski definition) is 3. The van der Waals surface area contributed by atoms with Gasteiger partial charge in [0.15, 0.2) is 0 Å². The van der Waals surface area contributed by atoms with Gasteiger partial charge in [0.05, 0.1) is 0 Å². The highest BCUT2D eigenvalue weighted by molar-refractivity contribution is 5.79. The minimum absolute atomic E-state index is 0.206. The number of rotatable bonds is 3. The lowest BCUT2D eigenvalue weighted by atomic mass is 9.85. The van der Waals surface area contributed by atoms with Gasteiger partial charge in [-0.15, -0.1) is 0 Å². The first-order valence-electron chi connectivity index (χ1n) is 8.52. The molecule has 0 radical (unpaired) electrons. The van der Waals surface area contributed by atoms with Crippen LogP contribution in [0.3, 0.4) is 0 Å². The van der Waals surface area contributed by atoms with Gasteiger partial charge in [0, 0.05) is 31.1 Å². The Morgan fingerprint density at radius 2 is 1.80 bits per heavy atom. The van der Waals surface area contributed by atoms with Gasteiger partial charge in [-0.2, -0.15) is 0 Å². The molecule has 1 saturated carbocycles. The standard InChI is InChI=1S/C16H29N3O/c17-14-6-3-5-13(11-14)16(20)19-10-4-7-15(19)12-18-8-1-2-9-18/h13-15H,1-12,17H2/t13-,14+,15-/m0/s1. The molecule has 3 atom stereocenters. The average Bonchev–Trinajstić information content (AvgIpc) is 3.10. The molecule has 3 aliphatic rings. The maximum atomic E-state index is 12.8. The van der Waals surface area contributed by atoms with E-state index in [4.69, 9.17) is 5.73 Å². The third-order valence-electron chi connectivity index (χ3n) is 5.39. The lowest BCUT2D eigenvalue weighted by molar-refractivity contribution is -0.137. The summed E-state index contributed by atoms with van der Waals surface area (Å²) in [6.45, 7) is 4.53. The summed E-state index contributed by atoms with van der Waals surface area (Å²) in [5.41, 5.74) is 6.05. The van der Waals surface area contributed by atoms with Gasteiger partial charge in [0.1, 0.15) is 0 Å². The molecule has 2 aliphatic heterocycles. The molecule has 3 rings (SSSR count). The van der Waals surface area contributed by atoms with E-state index in [1.165, 1.54) is 38.8 Å². The highest BCUT2D eigenvalue weighted by atomic mass is 16.2. The van der Waals surface area contributed by atoms with Crippen LogP contribution in [0.5, 0.6) is 0 Å². The fraction of sp³-hybridized carbons (Fsp3) is 0.938. The van der Waals surface area contributed by atoms with Crippen molar-refractivity contribution in [1.29, 1.82) is 0 Å². The molecule has 1 amide bonds. The number of carbonyl (C=O) groups excluding carboxylic acids is 1. The summed E-state index contributed by atoms with van der Waals surface area (Å²) in [4.78, 5) is 17.5. The zero-order valence-electron chi connectivity index (χ0n) is 12.6. The summed E-state index contributed by atoms with van der Waals surface area (Å²) < 4.78 is 0. The van der Waals surface area contributed by atoms with Gasteiger partial charge in [-0.25, -0.2) is 0 Å². The molecule has 2 heterocycles.